The molecule has 7 heteroatoms. The molecule has 1 N–H and O–H groups in total. The number of halogens is 5. The van der Waals surface area contributed by atoms with Gasteiger partial charge in [0.1, 0.15) is 11.3 Å². The Hall–Kier alpha value is -0.940. The lowest BCUT2D eigenvalue weighted by Gasteiger charge is -2.13. The Morgan fingerprint density at radius 3 is 2.38 bits per heavy atom. The minimum atomic E-state index is -4.83. The van der Waals surface area contributed by atoms with Gasteiger partial charge in [-0.05, 0) is 12.1 Å². The van der Waals surface area contributed by atoms with Gasteiger partial charge < -0.3 is 5.11 Å². The van der Waals surface area contributed by atoms with Gasteiger partial charge >= 0.3 is 6.18 Å². The van der Waals surface area contributed by atoms with Crippen LogP contribution in [0.25, 0.3) is 0 Å². The van der Waals surface area contributed by atoms with Crippen molar-refractivity contribution < 1.29 is 23.1 Å². The molecule has 0 amide bonds. The maximum atomic E-state index is 12.5. The summed E-state index contributed by atoms with van der Waals surface area (Å²) in [5.74, 6) is -2.51. The van der Waals surface area contributed by atoms with Crippen LogP contribution in [0.5, 0.6) is 5.75 Å². The molecule has 0 aliphatic carbocycles. The lowest BCUT2D eigenvalue weighted by molar-refractivity contribution is -0.138. The molecular weight excluding hydrogens is 268 g/mol. The largest absolute Gasteiger partial charge is 0.506 e. The molecule has 16 heavy (non-hydrogen) atoms. The van der Waals surface area contributed by atoms with Crippen molar-refractivity contribution in [1.29, 1.82) is 0 Å². The quantitative estimate of drug-likeness (QED) is 0.661. The molecule has 0 radical (unpaired) electrons. The molecule has 1 aromatic rings. The molecule has 0 heterocycles. The Morgan fingerprint density at radius 1 is 1.38 bits per heavy atom. The number of aromatic hydroxyl groups is 1. The molecule has 88 valence electrons. The van der Waals surface area contributed by atoms with E-state index in [0.717, 1.165) is 12.1 Å². The first kappa shape index (κ1) is 13.1. The minimum absolute atomic E-state index is 0.494. The SMILES string of the molecule is O=C(CCl)c1ccc(Cl)c(C(F)(F)F)c1O. The Morgan fingerprint density at radius 2 is 1.94 bits per heavy atom. The van der Waals surface area contributed by atoms with Crippen molar-refractivity contribution in [3.8, 4) is 5.75 Å². The number of alkyl halides is 4. The van der Waals surface area contributed by atoms with Crippen molar-refractivity contribution in [3.63, 3.8) is 0 Å². The molecular formula is C9H5Cl2F3O2. The normalized spacial score (nSPS) is 11.6. The highest BCUT2D eigenvalue weighted by atomic mass is 35.5. The van der Waals surface area contributed by atoms with Crippen LogP contribution in [-0.2, 0) is 6.18 Å². The molecule has 0 unspecified atom stereocenters. The summed E-state index contributed by atoms with van der Waals surface area (Å²) in [7, 11) is 0. The third-order valence-corrected chi connectivity index (χ3v) is 2.39. The maximum Gasteiger partial charge on any atom is 0.421 e. The van der Waals surface area contributed by atoms with Gasteiger partial charge in [0.25, 0.3) is 0 Å². The van der Waals surface area contributed by atoms with Crippen LogP contribution in [-0.4, -0.2) is 16.8 Å². The summed E-state index contributed by atoms with van der Waals surface area (Å²) < 4.78 is 37.4. The van der Waals surface area contributed by atoms with Crippen LogP contribution in [0.4, 0.5) is 13.2 Å². The summed E-state index contributed by atoms with van der Waals surface area (Å²) in [4.78, 5) is 11.1. The number of carbonyl (C=O) groups excluding carboxylic acids is 1. The lowest BCUT2D eigenvalue weighted by Crippen LogP contribution is -2.10. The van der Waals surface area contributed by atoms with E-state index in [2.05, 4.69) is 0 Å². The van der Waals surface area contributed by atoms with Crippen LogP contribution >= 0.6 is 23.2 Å². The van der Waals surface area contributed by atoms with Crippen LogP contribution in [0.3, 0.4) is 0 Å². The topological polar surface area (TPSA) is 37.3 Å². The van der Waals surface area contributed by atoms with Crippen LogP contribution in [0.2, 0.25) is 5.02 Å². The van der Waals surface area contributed by atoms with E-state index in [9.17, 15) is 23.1 Å². The van der Waals surface area contributed by atoms with Crippen LogP contribution in [0, 0.1) is 0 Å². The summed E-state index contributed by atoms with van der Waals surface area (Å²) in [6.45, 7) is 0. The smallest absolute Gasteiger partial charge is 0.421 e. The van der Waals surface area contributed by atoms with Gasteiger partial charge in [-0.25, -0.2) is 0 Å². The Kier molecular flexibility index (Phi) is 3.70. The first-order valence-electron chi connectivity index (χ1n) is 3.97. The van der Waals surface area contributed by atoms with Gasteiger partial charge in [0, 0.05) is 0 Å². The number of hydrogen-bond donors (Lipinski definition) is 1. The molecule has 1 rings (SSSR count). The van der Waals surface area contributed by atoms with E-state index >= 15 is 0 Å². The molecule has 2 nitrogen and oxygen atoms in total. The molecule has 0 saturated heterocycles. The zero-order valence-electron chi connectivity index (χ0n) is 7.61. The molecule has 0 aliphatic heterocycles. The van der Waals surface area contributed by atoms with E-state index < -0.39 is 39.7 Å². The van der Waals surface area contributed by atoms with Gasteiger partial charge in [-0.2, -0.15) is 13.2 Å². The fourth-order valence-electron chi connectivity index (χ4n) is 1.13. The van der Waals surface area contributed by atoms with E-state index in [4.69, 9.17) is 23.2 Å². The number of rotatable bonds is 2. The number of ketones is 1. The predicted octanol–water partition coefficient (Wildman–Crippen LogP) is 3.49. The summed E-state index contributed by atoms with van der Waals surface area (Å²) in [5, 5.41) is 8.65. The van der Waals surface area contributed by atoms with E-state index in [1.165, 1.54) is 0 Å². The standard InChI is InChI=1S/C9H5Cl2F3O2/c10-3-6(15)4-1-2-5(11)7(8(4)16)9(12,13)14/h1-2,16H,3H2. The third kappa shape index (κ3) is 2.41. The molecule has 1 aromatic carbocycles. The first-order chi connectivity index (χ1) is 7.29. The highest BCUT2D eigenvalue weighted by molar-refractivity contribution is 6.33. The number of Topliss-reactive ketones (excluding diaryl/α,β-unsaturated/α-hetero) is 1. The van der Waals surface area contributed by atoms with Gasteiger partial charge in [-0.3, -0.25) is 4.79 Å². The number of phenolic OH excluding ortho intramolecular Hbond substituents is 1. The van der Waals surface area contributed by atoms with E-state index in [-0.39, 0.29) is 0 Å². The van der Waals surface area contributed by atoms with Gasteiger partial charge in [-0.1, -0.05) is 11.6 Å². The van der Waals surface area contributed by atoms with E-state index in [1.54, 1.807) is 0 Å². The third-order valence-electron chi connectivity index (χ3n) is 1.83. The van der Waals surface area contributed by atoms with Crippen LogP contribution < -0.4 is 0 Å². The molecule has 0 bridgehead atoms. The van der Waals surface area contributed by atoms with Crippen LogP contribution in [0.1, 0.15) is 15.9 Å². The second-order valence-electron chi connectivity index (χ2n) is 2.87. The Labute approximate surface area is 98.6 Å². The second kappa shape index (κ2) is 4.51. The van der Waals surface area contributed by atoms with Crippen molar-refractivity contribution in [3.05, 3.63) is 28.3 Å². The van der Waals surface area contributed by atoms with Gasteiger partial charge in [0.15, 0.2) is 5.78 Å². The summed E-state index contributed by atoms with van der Waals surface area (Å²) in [6, 6.07) is 1.89. The highest BCUT2D eigenvalue weighted by Gasteiger charge is 2.38. The van der Waals surface area contributed by atoms with Gasteiger partial charge in [0.05, 0.1) is 16.5 Å². The fourth-order valence-corrected chi connectivity index (χ4v) is 1.54. The molecule has 0 atom stereocenters. The summed E-state index contributed by atoms with van der Waals surface area (Å²) >= 11 is 10.5. The Balaban J connectivity index is 3.45. The molecule has 0 fully saturated rings. The maximum absolute atomic E-state index is 12.5. The van der Waals surface area contributed by atoms with Gasteiger partial charge in [-0.15, -0.1) is 11.6 Å². The molecule has 0 aromatic heterocycles. The van der Waals surface area contributed by atoms with Crippen molar-refractivity contribution in [2.24, 2.45) is 0 Å². The molecule has 0 aliphatic rings. The molecule has 0 spiro atoms. The van der Waals surface area contributed by atoms with Gasteiger partial charge in [0.2, 0.25) is 0 Å². The zero-order chi connectivity index (χ0) is 12.5. The average Bonchev–Trinajstić information content (AvgIpc) is 2.14. The molecule has 0 saturated carbocycles. The number of carbonyl (C=O) groups is 1. The zero-order valence-corrected chi connectivity index (χ0v) is 9.12. The number of benzene rings is 1. The van der Waals surface area contributed by atoms with Crippen LogP contribution in [0.15, 0.2) is 12.1 Å². The summed E-state index contributed by atoms with van der Waals surface area (Å²) in [5.41, 5.74) is -1.92. The monoisotopic (exact) mass is 272 g/mol. The van der Waals surface area contributed by atoms with E-state index in [0.29, 0.717) is 0 Å². The highest BCUT2D eigenvalue weighted by Crippen LogP contribution is 2.42. The predicted molar refractivity (Wildman–Crippen MR) is 53.2 cm³/mol. The van der Waals surface area contributed by atoms with Crippen molar-refractivity contribution in [2.75, 3.05) is 5.88 Å². The fraction of sp³-hybridized carbons (Fsp3) is 0.222. The summed E-state index contributed by atoms with van der Waals surface area (Å²) in [6.07, 6.45) is -4.83. The minimum Gasteiger partial charge on any atom is -0.506 e. The van der Waals surface area contributed by atoms with E-state index in [1.807, 2.05) is 0 Å². The lowest BCUT2D eigenvalue weighted by atomic mass is 10.1. The van der Waals surface area contributed by atoms with Crippen molar-refractivity contribution >= 4 is 29.0 Å². The van der Waals surface area contributed by atoms with Crippen molar-refractivity contribution in [2.45, 2.75) is 6.18 Å². The second-order valence-corrected chi connectivity index (χ2v) is 3.55. The van der Waals surface area contributed by atoms with Crippen molar-refractivity contribution in [1.82, 2.24) is 0 Å². The average molecular weight is 273 g/mol. The number of phenols is 1. The first-order valence-corrected chi connectivity index (χ1v) is 4.88. The Bertz CT molecular complexity index is 429. The number of hydrogen-bond acceptors (Lipinski definition) is 2.